The van der Waals surface area contributed by atoms with Gasteiger partial charge < -0.3 is 24.5 Å². The van der Waals surface area contributed by atoms with E-state index in [1.165, 1.54) is 0 Å². The lowest BCUT2D eigenvalue weighted by atomic mass is 10.1. The molecule has 27 heavy (non-hydrogen) atoms. The molecule has 0 spiro atoms. The third-order valence-electron chi connectivity index (χ3n) is 4.40. The Morgan fingerprint density at radius 1 is 1.07 bits per heavy atom. The molecule has 0 aliphatic rings. The Kier molecular flexibility index (Phi) is 5.60. The van der Waals surface area contributed by atoms with Gasteiger partial charge in [-0.3, -0.25) is 4.79 Å². The van der Waals surface area contributed by atoms with E-state index >= 15 is 0 Å². The first-order valence-electron chi connectivity index (χ1n) is 8.37. The highest BCUT2D eigenvalue weighted by atomic mass is 79.9. The highest BCUT2D eigenvalue weighted by Crippen LogP contribution is 2.41. The second-order valence-corrected chi connectivity index (χ2v) is 6.86. The van der Waals surface area contributed by atoms with E-state index in [0.29, 0.717) is 28.5 Å². The molecule has 0 aliphatic carbocycles. The number of ether oxygens (including phenoxy) is 3. The van der Waals surface area contributed by atoms with Crippen LogP contribution in [-0.2, 0) is 0 Å². The van der Waals surface area contributed by atoms with E-state index in [9.17, 15) is 4.79 Å². The summed E-state index contributed by atoms with van der Waals surface area (Å²) < 4.78 is 17.2. The maximum Gasteiger partial charge on any atom is 0.268 e. The first-order valence-corrected chi connectivity index (χ1v) is 9.16. The summed E-state index contributed by atoms with van der Waals surface area (Å²) in [6, 6.07) is 11.1. The van der Waals surface area contributed by atoms with Crippen LogP contribution < -0.4 is 19.5 Å². The van der Waals surface area contributed by atoms with E-state index < -0.39 is 0 Å². The van der Waals surface area contributed by atoms with Gasteiger partial charge in [-0.25, -0.2) is 0 Å². The minimum atomic E-state index is -0.225. The first-order chi connectivity index (χ1) is 13.0. The second-order valence-electron chi connectivity index (χ2n) is 6.00. The van der Waals surface area contributed by atoms with Gasteiger partial charge in [0.05, 0.1) is 32.9 Å². The van der Waals surface area contributed by atoms with E-state index in [1.807, 2.05) is 31.2 Å². The summed E-state index contributed by atoms with van der Waals surface area (Å²) in [7, 11) is 4.68. The molecule has 1 unspecified atom stereocenters. The molecule has 2 N–H and O–H groups in total. The molecule has 142 valence electrons. The first kappa shape index (κ1) is 19.1. The zero-order chi connectivity index (χ0) is 19.6. The Morgan fingerprint density at radius 3 is 2.41 bits per heavy atom. The lowest BCUT2D eigenvalue weighted by Crippen LogP contribution is -2.27. The third-order valence-corrected chi connectivity index (χ3v) is 5.13. The number of methoxy groups -OCH3 is 3. The molecule has 1 amide bonds. The number of hydrogen-bond acceptors (Lipinski definition) is 4. The highest BCUT2D eigenvalue weighted by molar-refractivity contribution is 9.10. The van der Waals surface area contributed by atoms with Gasteiger partial charge in [0.25, 0.3) is 5.91 Å². The van der Waals surface area contributed by atoms with E-state index in [2.05, 4.69) is 26.2 Å². The normalized spacial score (nSPS) is 11.9. The Balaban J connectivity index is 1.97. The molecule has 0 radical (unpaired) electrons. The maximum atomic E-state index is 12.8. The summed E-state index contributed by atoms with van der Waals surface area (Å²) >= 11 is 3.52. The smallest absolute Gasteiger partial charge is 0.268 e. The maximum absolute atomic E-state index is 12.8. The van der Waals surface area contributed by atoms with Crippen LogP contribution in [0.1, 0.15) is 29.0 Å². The van der Waals surface area contributed by atoms with Gasteiger partial charge in [-0.1, -0.05) is 34.1 Å². The molecule has 0 aliphatic heterocycles. The van der Waals surface area contributed by atoms with Crippen molar-refractivity contribution in [1.82, 2.24) is 10.3 Å². The summed E-state index contributed by atoms with van der Waals surface area (Å²) in [5, 5.41) is 3.75. The molecule has 1 atom stereocenters. The minimum absolute atomic E-state index is 0.169. The van der Waals surface area contributed by atoms with Crippen molar-refractivity contribution in [1.29, 1.82) is 0 Å². The Bertz CT molecular complexity index is 984. The van der Waals surface area contributed by atoms with E-state index in [4.69, 9.17) is 14.2 Å². The zero-order valence-electron chi connectivity index (χ0n) is 15.6. The van der Waals surface area contributed by atoms with Crippen LogP contribution in [0.15, 0.2) is 40.9 Å². The lowest BCUT2D eigenvalue weighted by Gasteiger charge is -2.15. The number of aromatic nitrogens is 1. The van der Waals surface area contributed by atoms with Crippen molar-refractivity contribution in [2.24, 2.45) is 0 Å². The standard InChI is InChI=1S/C20H21BrN2O4/c1-11(12-7-5-6-8-14(12)21)22-20(24)15-9-13-16(25-2)10-17(26-3)19(27-4)18(13)23-15/h5-11,23H,1-4H3,(H,22,24). The molecular weight excluding hydrogens is 412 g/mol. The average molecular weight is 433 g/mol. The van der Waals surface area contributed by atoms with Crippen LogP contribution in [0.3, 0.4) is 0 Å². The van der Waals surface area contributed by atoms with Crippen LogP contribution in [0, 0.1) is 0 Å². The predicted molar refractivity (Wildman–Crippen MR) is 108 cm³/mol. The molecule has 1 heterocycles. The van der Waals surface area contributed by atoms with Gasteiger partial charge in [0.15, 0.2) is 11.5 Å². The zero-order valence-corrected chi connectivity index (χ0v) is 17.1. The quantitative estimate of drug-likeness (QED) is 0.603. The minimum Gasteiger partial charge on any atom is -0.496 e. The summed E-state index contributed by atoms with van der Waals surface area (Å²) in [5.41, 5.74) is 2.06. The van der Waals surface area contributed by atoms with Crippen LogP contribution >= 0.6 is 15.9 Å². The predicted octanol–water partition coefficient (Wildman–Crippen LogP) is 4.45. The molecule has 0 saturated carbocycles. The van der Waals surface area contributed by atoms with Gasteiger partial charge in [-0.2, -0.15) is 0 Å². The van der Waals surface area contributed by atoms with Gasteiger partial charge in [-0.05, 0) is 24.6 Å². The van der Waals surface area contributed by atoms with Crippen molar-refractivity contribution in [3.8, 4) is 17.2 Å². The summed E-state index contributed by atoms with van der Waals surface area (Å²) in [6.45, 7) is 1.94. The Morgan fingerprint density at radius 2 is 1.78 bits per heavy atom. The molecule has 3 aromatic rings. The Hall–Kier alpha value is -2.67. The van der Waals surface area contributed by atoms with E-state index in [-0.39, 0.29) is 11.9 Å². The third kappa shape index (κ3) is 3.60. The van der Waals surface area contributed by atoms with Gasteiger partial charge >= 0.3 is 0 Å². The average Bonchev–Trinajstić information content (AvgIpc) is 3.12. The SMILES string of the molecule is COc1cc(OC)c2cc(C(=O)NC(C)c3ccccc3Br)[nH]c2c1OC. The van der Waals surface area contributed by atoms with Gasteiger partial charge in [0, 0.05) is 15.9 Å². The number of benzene rings is 2. The Labute approximate surface area is 165 Å². The molecule has 0 fully saturated rings. The number of nitrogens with one attached hydrogen (secondary N) is 2. The number of aromatic amines is 1. The molecule has 2 aromatic carbocycles. The van der Waals surface area contributed by atoms with Crippen molar-refractivity contribution in [3.63, 3.8) is 0 Å². The number of fused-ring (bicyclic) bond motifs is 1. The van der Waals surface area contributed by atoms with Crippen LogP contribution in [-0.4, -0.2) is 32.2 Å². The van der Waals surface area contributed by atoms with Crippen molar-refractivity contribution in [2.45, 2.75) is 13.0 Å². The molecule has 0 saturated heterocycles. The van der Waals surface area contributed by atoms with Crippen molar-refractivity contribution >= 4 is 32.7 Å². The number of hydrogen-bond donors (Lipinski definition) is 2. The van der Waals surface area contributed by atoms with Gasteiger partial charge in [-0.15, -0.1) is 0 Å². The molecule has 0 bridgehead atoms. The number of H-pyrrole nitrogens is 1. The fraction of sp³-hybridized carbons (Fsp3) is 0.250. The molecule has 1 aromatic heterocycles. The van der Waals surface area contributed by atoms with E-state index in [1.54, 1.807) is 33.5 Å². The van der Waals surface area contributed by atoms with E-state index in [0.717, 1.165) is 15.4 Å². The topological polar surface area (TPSA) is 72.6 Å². The fourth-order valence-corrected chi connectivity index (χ4v) is 3.67. The van der Waals surface area contributed by atoms with Gasteiger partial charge in [0.2, 0.25) is 0 Å². The fourth-order valence-electron chi connectivity index (χ4n) is 3.04. The molecular formula is C20H21BrN2O4. The molecule has 7 heteroatoms. The number of halogens is 1. The summed E-state index contributed by atoms with van der Waals surface area (Å²) in [5.74, 6) is 1.41. The number of amides is 1. The number of rotatable bonds is 6. The van der Waals surface area contributed by atoms with Crippen LogP contribution in [0.25, 0.3) is 10.9 Å². The van der Waals surface area contributed by atoms with Crippen molar-refractivity contribution in [2.75, 3.05) is 21.3 Å². The summed E-state index contributed by atoms with van der Waals surface area (Å²) in [4.78, 5) is 15.9. The largest absolute Gasteiger partial charge is 0.496 e. The molecule has 3 rings (SSSR count). The van der Waals surface area contributed by atoms with Crippen molar-refractivity contribution < 1.29 is 19.0 Å². The summed E-state index contributed by atoms with van der Waals surface area (Å²) in [6.07, 6.45) is 0. The van der Waals surface area contributed by atoms with Crippen LogP contribution in [0.4, 0.5) is 0 Å². The monoisotopic (exact) mass is 432 g/mol. The highest BCUT2D eigenvalue weighted by Gasteiger charge is 2.21. The van der Waals surface area contributed by atoms with Crippen molar-refractivity contribution in [3.05, 3.63) is 52.1 Å². The number of carbonyl (C=O) groups excluding carboxylic acids is 1. The lowest BCUT2D eigenvalue weighted by molar-refractivity contribution is 0.0935. The molecule has 6 nitrogen and oxygen atoms in total. The second kappa shape index (κ2) is 7.92. The van der Waals surface area contributed by atoms with Crippen LogP contribution in [0.2, 0.25) is 0 Å². The number of carbonyl (C=O) groups is 1. The van der Waals surface area contributed by atoms with Gasteiger partial charge in [0.1, 0.15) is 11.4 Å². The van der Waals surface area contributed by atoms with Crippen LogP contribution in [0.5, 0.6) is 17.2 Å².